The molecule has 3 aromatic rings. The summed E-state index contributed by atoms with van der Waals surface area (Å²) in [5.74, 6) is 2.27. The number of carbonyl (C=O) groups excluding carboxylic acids is 1. The molecule has 3 aromatic carbocycles. The van der Waals surface area contributed by atoms with Crippen LogP contribution in [0, 0.1) is 6.92 Å². The highest BCUT2D eigenvalue weighted by Gasteiger charge is 2.32. The van der Waals surface area contributed by atoms with Crippen LogP contribution in [0.25, 0.3) is 0 Å². The second kappa shape index (κ2) is 7.87. The van der Waals surface area contributed by atoms with E-state index < -0.39 is 0 Å². The lowest BCUT2D eigenvalue weighted by Gasteiger charge is -2.18. The Morgan fingerprint density at radius 1 is 0.966 bits per heavy atom. The zero-order valence-corrected chi connectivity index (χ0v) is 16.6. The van der Waals surface area contributed by atoms with Crippen molar-refractivity contribution in [3.63, 3.8) is 0 Å². The maximum absolute atomic E-state index is 12.6. The number of nitrogens with zero attached hydrogens (tertiary/aromatic N) is 1. The van der Waals surface area contributed by atoms with Crippen molar-refractivity contribution in [2.45, 2.75) is 19.3 Å². The number of anilines is 2. The molecule has 0 spiro atoms. The fourth-order valence-corrected chi connectivity index (χ4v) is 3.69. The summed E-state index contributed by atoms with van der Waals surface area (Å²) in [7, 11) is 1.63. The van der Waals surface area contributed by atoms with Gasteiger partial charge in [-0.3, -0.25) is 4.79 Å². The number of benzene rings is 3. The molecular weight excluding hydrogens is 364 g/mol. The normalized spacial score (nSPS) is 16.1. The minimum absolute atomic E-state index is 0.0778. The van der Waals surface area contributed by atoms with Crippen LogP contribution < -0.4 is 20.1 Å². The molecule has 0 saturated carbocycles. The van der Waals surface area contributed by atoms with Gasteiger partial charge in [-0.05, 0) is 54.4 Å². The van der Waals surface area contributed by atoms with Crippen molar-refractivity contribution in [2.24, 2.45) is 0 Å². The Morgan fingerprint density at radius 3 is 2.55 bits per heavy atom. The summed E-state index contributed by atoms with van der Waals surface area (Å²) in [4.78, 5) is 14.4. The van der Waals surface area contributed by atoms with Crippen LogP contribution >= 0.6 is 0 Å². The molecule has 29 heavy (non-hydrogen) atoms. The van der Waals surface area contributed by atoms with Crippen molar-refractivity contribution < 1.29 is 14.3 Å². The zero-order valence-electron chi connectivity index (χ0n) is 16.6. The number of amides is 1. The molecule has 1 aliphatic rings. The second-order valence-electron chi connectivity index (χ2n) is 7.28. The average molecular weight is 388 g/mol. The van der Waals surface area contributed by atoms with Gasteiger partial charge in [0.15, 0.2) is 11.5 Å². The number of rotatable bonds is 5. The molecule has 5 nitrogen and oxygen atoms in total. The fourth-order valence-electron chi connectivity index (χ4n) is 3.69. The molecule has 2 N–H and O–H groups in total. The van der Waals surface area contributed by atoms with Gasteiger partial charge in [0.2, 0.25) is 5.91 Å². The first-order chi connectivity index (χ1) is 14.0. The number of ether oxygens (including phenoxy) is 2. The quantitative estimate of drug-likeness (QED) is 0.632. The van der Waals surface area contributed by atoms with Gasteiger partial charge >= 0.3 is 0 Å². The second-order valence-corrected chi connectivity index (χ2v) is 7.28. The van der Waals surface area contributed by atoms with Gasteiger partial charge in [0, 0.05) is 30.3 Å². The summed E-state index contributed by atoms with van der Waals surface area (Å²) < 4.78 is 11.6. The third-order valence-corrected chi connectivity index (χ3v) is 5.28. The van der Waals surface area contributed by atoms with Crippen molar-refractivity contribution in [3.05, 3.63) is 77.9 Å². The molecule has 5 heteroatoms. The minimum atomic E-state index is 0.0778. The van der Waals surface area contributed by atoms with Crippen molar-refractivity contribution in [2.75, 3.05) is 24.3 Å². The molecule has 1 saturated heterocycles. The number of hydrogen-bond acceptors (Lipinski definition) is 4. The van der Waals surface area contributed by atoms with E-state index in [1.807, 2.05) is 73.7 Å². The zero-order chi connectivity index (χ0) is 20.4. The number of carbonyl (C=O) groups is 1. The standard InChI is InChI=1S/C24H24N2O3/c1-16-6-3-4-9-21(16)29-23-12-17(10-11-22(23)28-2)18-13-24(27)26(15-18)20-8-5-7-19(25)14-20/h3-12,14,18H,13,15,25H2,1-2H3. The maximum atomic E-state index is 12.6. The molecule has 1 atom stereocenters. The molecule has 1 unspecified atom stereocenters. The Hall–Kier alpha value is -3.47. The minimum Gasteiger partial charge on any atom is -0.493 e. The van der Waals surface area contributed by atoms with Crippen LogP contribution in [0.2, 0.25) is 0 Å². The summed E-state index contributed by atoms with van der Waals surface area (Å²) in [5.41, 5.74) is 9.47. The number of nitrogen functional groups attached to an aromatic ring is 1. The number of aryl methyl sites for hydroxylation is 1. The van der Waals surface area contributed by atoms with E-state index in [4.69, 9.17) is 15.2 Å². The molecule has 0 aromatic heterocycles. The van der Waals surface area contributed by atoms with E-state index in [1.165, 1.54) is 0 Å². The number of nitrogens with two attached hydrogens (primary N) is 1. The molecule has 1 amide bonds. The van der Waals surface area contributed by atoms with Gasteiger partial charge in [-0.1, -0.05) is 30.3 Å². The van der Waals surface area contributed by atoms with E-state index in [-0.39, 0.29) is 11.8 Å². The van der Waals surface area contributed by atoms with Gasteiger partial charge in [0.1, 0.15) is 5.75 Å². The van der Waals surface area contributed by atoms with E-state index in [0.29, 0.717) is 30.2 Å². The highest BCUT2D eigenvalue weighted by Crippen LogP contribution is 2.38. The van der Waals surface area contributed by atoms with Crippen LogP contribution in [0.1, 0.15) is 23.5 Å². The maximum Gasteiger partial charge on any atom is 0.227 e. The van der Waals surface area contributed by atoms with Gasteiger partial charge < -0.3 is 20.1 Å². The number of hydrogen-bond donors (Lipinski definition) is 1. The Kier molecular flexibility index (Phi) is 5.12. The van der Waals surface area contributed by atoms with E-state index in [1.54, 1.807) is 12.0 Å². The molecule has 1 fully saturated rings. The average Bonchev–Trinajstić information content (AvgIpc) is 3.11. The van der Waals surface area contributed by atoms with E-state index in [2.05, 4.69) is 0 Å². The molecule has 1 aliphatic heterocycles. The molecule has 0 aliphatic carbocycles. The van der Waals surface area contributed by atoms with Gasteiger partial charge in [0.05, 0.1) is 7.11 Å². The summed E-state index contributed by atoms with van der Waals surface area (Å²) in [6.45, 7) is 2.61. The summed E-state index contributed by atoms with van der Waals surface area (Å²) in [5, 5.41) is 0. The van der Waals surface area contributed by atoms with E-state index in [0.717, 1.165) is 22.6 Å². The van der Waals surface area contributed by atoms with Crippen molar-refractivity contribution in [1.82, 2.24) is 0 Å². The van der Waals surface area contributed by atoms with Crippen molar-refractivity contribution in [1.29, 1.82) is 0 Å². The first kappa shape index (κ1) is 18.9. The Labute approximate surface area is 170 Å². The van der Waals surface area contributed by atoms with Crippen molar-refractivity contribution in [3.8, 4) is 17.2 Å². The van der Waals surface area contributed by atoms with Crippen LogP contribution in [0.3, 0.4) is 0 Å². The monoisotopic (exact) mass is 388 g/mol. The van der Waals surface area contributed by atoms with Gasteiger partial charge in [-0.2, -0.15) is 0 Å². The van der Waals surface area contributed by atoms with Gasteiger partial charge in [-0.15, -0.1) is 0 Å². The lowest BCUT2D eigenvalue weighted by molar-refractivity contribution is -0.117. The predicted molar refractivity (Wildman–Crippen MR) is 115 cm³/mol. The highest BCUT2D eigenvalue weighted by molar-refractivity contribution is 5.96. The van der Waals surface area contributed by atoms with Crippen LogP contribution in [-0.2, 0) is 4.79 Å². The number of methoxy groups -OCH3 is 1. The summed E-state index contributed by atoms with van der Waals surface area (Å²) in [6.07, 6.45) is 0.449. The Bertz CT molecular complexity index is 1050. The van der Waals surface area contributed by atoms with Gasteiger partial charge in [0.25, 0.3) is 0 Å². The smallest absolute Gasteiger partial charge is 0.227 e. The van der Waals surface area contributed by atoms with E-state index >= 15 is 0 Å². The molecular formula is C24H24N2O3. The molecule has 1 heterocycles. The first-order valence-corrected chi connectivity index (χ1v) is 9.62. The molecule has 4 rings (SSSR count). The Balaban J connectivity index is 1.61. The molecule has 0 bridgehead atoms. The Morgan fingerprint density at radius 2 is 1.79 bits per heavy atom. The largest absolute Gasteiger partial charge is 0.493 e. The SMILES string of the molecule is COc1ccc(C2CC(=O)N(c3cccc(N)c3)C2)cc1Oc1ccccc1C. The third-order valence-electron chi connectivity index (χ3n) is 5.28. The van der Waals surface area contributed by atoms with E-state index in [9.17, 15) is 4.79 Å². The highest BCUT2D eigenvalue weighted by atomic mass is 16.5. The van der Waals surface area contributed by atoms with Crippen LogP contribution in [0.15, 0.2) is 66.7 Å². The molecule has 148 valence electrons. The van der Waals surface area contributed by atoms with Crippen LogP contribution in [-0.4, -0.2) is 19.6 Å². The fraction of sp³-hybridized carbons (Fsp3) is 0.208. The summed E-state index contributed by atoms with van der Waals surface area (Å²) in [6, 6.07) is 21.2. The first-order valence-electron chi connectivity index (χ1n) is 9.62. The lowest BCUT2D eigenvalue weighted by atomic mass is 9.98. The van der Waals surface area contributed by atoms with Crippen LogP contribution in [0.4, 0.5) is 11.4 Å². The predicted octanol–water partition coefficient (Wildman–Crippen LogP) is 4.90. The topological polar surface area (TPSA) is 64.8 Å². The number of para-hydroxylation sites is 1. The van der Waals surface area contributed by atoms with Gasteiger partial charge in [-0.25, -0.2) is 0 Å². The third kappa shape index (κ3) is 3.90. The van der Waals surface area contributed by atoms with Crippen LogP contribution in [0.5, 0.6) is 17.2 Å². The molecule has 0 radical (unpaired) electrons. The lowest BCUT2D eigenvalue weighted by Crippen LogP contribution is -2.24. The summed E-state index contributed by atoms with van der Waals surface area (Å²) >= 11 is 0. The van der Waals surface area contributed by atoms with Crippen molar-refractivity contribution >= 4 is 17.3 Å².